The molecule has 186 valence electrons. The third-order valence-corrected chi connectivity index (χ3v) is 6.47. The summed E-state index contributed by atoms with van der Waals surface area (Å²) in [5.74, 6) is 0.0523. The Morgan fingerprint density at radius 3 is 2.49 bits per heavy atom. The lowest BCUT2D eigenvalue weighted by atomic mass is 10.2. The predicted octanol–water partition coefficient (Wildman–Crippen LogP) is 6.70. The number of hydrogen-bond donors (Lipinski definition) is 2. The fourth-order valence-corrected chi connectivity index (χ4v) is 4.42. The van der Waals surface area contributed by atoms with Gasteiger partial charge >= 0.3 is 0 Å². The number of carbonyl (C=O) groups excluding carboxylic acids is 1. The minimum atomic E-state index is -0.428. The van der Waals surface area contributed by atoms with Crippen LogP contribution in [0, 0.1) is 6.92 Å². The smallest absolute Gasteiger partial charge is 0.262 e. The normalized spacial score (nSPS) is 13.7. The van der Waals surface area contributed by atoms with Gasteiger partial charge in [-0.3, -0.25) is 4.79 Å². The summed E-state index contributed by atoms with van der Waals surface area (Å²) >= 11 is 9.51. The second-order valence-corrected chi connectivity index (χ2v) is 9.64. The Kier molecular flexibility index (Phi) is 10.3. The molecule has 9 heteroatoms. The number of benzene rings is 2. The summed E-state index contributed by atoms with van der Waals surface area (Å²) < 4.78 is 5.94. The molecule has 2 heterocycles. The molecule has 0 unspecified atom stereocenters. The van der Waals surface area contributed by atoms with Crippen molar-refractivity contribution in [2.75, 3.05) is 37.9 Å². The van der Waals surface area contributed by atoms with E-state index >= 15 is 0 Å². The van der Waals surface area contributed by atoms with Crippen LogP contribution >= 0.6 is 27.5 Å². The van der Waals surface area contributed by atoms with Crippen molar-refractivity contribution in [3.8, 4) is 5.88 Å². The zero-order valence-corrected chi connectivity index (χ0v) is 22.6. The van der Waals surface area contributed by atoms with Crippen molar-refractivity contribution in [2.45, 2.75) is 32.6 Å². The number of rotatable bonds is 5. The number of aromatic nitrogens is 2. The number of halogens is 2. The molecule has 2 N–H and O–H groups in total. The van der Waals surface area contributed by atoms with E-state index in [1.54, 1.807) is 18.2 Å². The van der Waals surface area contributed by atoms with Crippen LogP contribution in [-0.2, 0) is 0 Å². The average molecular weight is 561 g/mol. The van der Waals surface area contributed by atoms with E-state index in [1.165, 1.54) is 52.1 Å². The summed E-state index contributed by atoms with van der Waals surface area (Å²) in [5, 5.41) is 6.25. The van der Waals surface area contributed by atoms with Crippen molar-refractivity contribution in [3.63, 3.8) is 0 Å². The van der Waals surface area contributed by atoms with Crippen LogP contribution in [0.4, 0.5) is 17.3 Å². The van der Waals surface area contributed by atoms with Crippen molar-refractivity contribution in [3.05, 3.63) is 69.3 Å². The summed E-state index contributed by atoms with van der Waals surface area (Å²) in [7, 11) is 3.66. The van der Waals surface area contributed by atoms with Crippen LogP contribution in [0.3, 0.4) is 0 Å². The van der Waals surface area contributed by atoms with Crippen molar-refractivity contribution in [1.29, 1.82) is 0 Å². The van der Waals surface area contributed by atoms with Crippen molar-refractivity contribution >= 4 is 50.8 Å². The Morgan fingerprint density at radius 2 is 1.83 bits per heavy atom. The third-order valence-electron chi connectivity index (χ3n) is 5.50. The monoisotopic (exact) mass is 559 g/mol. The number of nitrogens with one attached hydrogen (secondary N) is 2. The van der Waals surface area contributed by atoms with E-state index < -0.39 is 5.91 Å². The maximum Gasteiger partial charge on any atom is 0.262 e. The van der Waals surface area contributed by atoms with Gasteiger partial charge in [-0.1, -0.05) is 42.6 Å². The van der Waals surface area contributed by atoms with Crippen LogP contribution in [-0.4, -0.2) is 48.0 Å². The zero-order chi connectivity index (χ0) is 25.2. The molecule has 4 rings (SSSR count). The quantitative estimate of drug-likeness (QED) is 0.362. The molecule has 0 saturated carbocycles. The number of nitrogens with zero attached hydrogens (tertiary/aromatic N) is 3. The number of likely N-dealkylation sites (tertiary alicyclic amines) is 1. The molecular weight excluding hydrogens is 530 g/mol. The third kappa shape index (κ3) is 8.19. The molecule has 3 aromatic rings. The number of ether oxygens (including phenoxy) is 1. The second kappa shape index (κ2) is 13.4. The molecule has 0 aliphatic carbocycles. The average Bonchev–Trinajstić information content (AvgIpc) is 3.09. The van der Waals surface area contributed by atoms with Crippen LogP contribution in [0.1, 0.15) is 41.6 Å². The van der Waals surface area contributed by atoms with Crippen LogP contribution in [0.25, 0.3) is 0 Å². The first-order valence-corrected chi connectivity index (χ1v) is 12.7. The number of hydrogen-bond acceptors (Lipinski definition) is 6. The lowest BCUT2D eigenvalue weighted by molar-refractivity contribution is 0.102. The van der Waals surface area contributed by atoms with Gasteiger partial charge in [0.1, 0.15) is 5.56 Å². The molecule has 1 aromatic heterocycles. The molecule has 7 nitrogen and oxygen atoms in total. The highest BCUT2D eigenvalue weighted by atomic mass is 79.9. The molecule has 1 aliphatic rings. The molecular formula is C26H31BrClN5O2. The van der Waals surface area contributed by atoms with Crippen molar-refractivity contribution in [1.82, 2.24) is 14.9 Å². The van der Waals surface area contributed by atoms with Gasteiger partial charge in [-0.2, -0.15) is 4.98 Å². The first-order chi connectivity index (χ1) is 16.9. The van der Waals surface area contributed by atoms with Gasteiger partial charge in [-0.15, -0.1) is 0 Å². The fourth-order valence-electron chi connectivity index (χ4n) is 3.62. The molecule has 1 saturated heterocycles. The summed E-state index contributed by atoms with van der Waals surface area (Å²) in [6.07, 6.45) is 7.13. The van der Waals surface area contributed by atoms with Gasteiger partial charge in [0.25, 0.3) is 5.91 Å². The highest BCUT2D eigenvalue weighted by Gasteiger charge is 2.18. The summed E-state index contributed by atoms with van der Waals surface area (Å²) in [4.78, 5) is 23.6. The SMILES string of the molecule is CN1CCCCCC1.COc1nc(Nc2cccc(C)c2)ncc1C(=O)Nc1c(Cl)cccc1Br. The summed E-state index contributed by atoms with van der Waals surface area (Å²) in [6.45, 7) is 4.63. The Hall–Kier alpha value is -2.68. The van der Waals surface area contributed by atoms with E-state index in [9.17, 15) is 4.79 Å². The Labute approximate surface area is 220 Å². The van der Waals surface area contributed by atoms with Crippen LogP contribution in [0.2, 0.25) is 5.02 Å². The molecule has 1 aliphatic heterocycles. The molecule has 0 spiro atoms. The largest absolute Gasteiger partial charge is 0.480 e. The number of para-hydroxylation sites is 1. The van der Waals surface area contributed by atoms with Crippen LogP contribution in [0.15, 0.2) is 53.1 Å². The van der Waals surface area contributed by atoms with E-state index in [1.807, 2.05) is 31.2 Å². The minimum absolute atomic E-state index is 0.154. The molecule has 0 atom stereocenters. The lowest BCUT2D eigenvalue weighted by Gasteiger charge is -2.12. The first-order valence-electron chi connectivity index (χ1n) is 11.6. The second-order valence-electron chi connectivity index (χ2n) is 8.38. The van der Waals surface area contributed by atoms with Gasteiger partial charge in [-0.25, -0.2) is 4.98 Å². The highest BCUT2D eigenvalue weighted by molar-refractivity contribution is 9.10. The molecule has 1 amide bonds. The fraction of sp³-hybridized carbons (Fsp3) is 0.346. The highest BCUT2D eigenvalue weighted by Crippen LogP contribution is 2.31. The maximum atomic E-state index is 12.6. The van der Waals surface area contributed by atoms with E-state index in [4.69, 9.17) is 16.3 Å². The van der Waals surface area contributed by atoms with Crippen molar-refractivity contribution in [2.24, 2.45) is 0 Å². The van der Waals surface area contributed by atoms with Crippen LogP contribution in [0.5, 0.6) is 5.88 Å². The Bertz CT molecular complexity index is 1120. The molecule has 35 heavy (non-hydrogen) atoms. The first kappa shape index (κ1) is 26.9. The van der Waals surface area contributed by atoms with E-state index in [2.05, 4.69) is 48.5 Å². The Balaban J connectivity index is 0.000000363. The number of aryl methyl sites for hydroxylation is 1. The predicted molar refractivity (Wildman–Crippen MR) is 146 cm³/mol. The number of carbonyl (C=O) groups is 1. The van der Waals surface area contributed by atoms with E-state index in [0.29, 0.717) is 21.1 Å². The van der Waals surface area contributed by atoms with Crippen LogP contribution < -0.4 is 15.4 Å². The number of methoxy groups -OCH3 is 1. The van der Waals surface area contributed by atoms with Gasteiger partial charge in [0.15, 0.2) is 0 Å². The summed E-state index contributed by atoms with van der Waals surface area (Å²) in [5.41, 5.74) is 2.61. The van der Waals surface area contributed by atoms with Crippen molar-refractivity contribution < 1.29 is 9.53 Å². The summed E-state index contributed by atoms with van der Waals surface area (Å²) in [6, 6.07) is 13.0. The molecule has 0 radical (unpaired) electrons. The standard InChI is InChI=1S/C19H16BrClN4O2.C7H15N/c1-11-5-3-6-12(9-11)23-19-22-10-13(18(25-19)27-2)17(26)24-16-14(20)7-4-8-15(16)21;1-8-6-4-2-3-5-7-8/h3-10H,1-2H3,(H,24,26)(H,22,23,25);2-7H2,1H3. The van der Waals surface area contributed by atoms with Gasteiger partial charge in [0.05, 0.1) is 17.8 Å². The zero-order valence-electron chi connectivity index (χ0n) is 20.3. The topological polar surface area (TPSA) is 79.4 Å². The number of anilines is 3. The van der Waals surface area contributed by atoms with Gasteiger partial charge < -0.3 is 20.3 Å². The van der Waals surface area contributed by atoms with Gasteiger partial charge in [0, 0.05) is 16.4 Å². The van der Waals surface area contributed by atoms with E-state index in [0.717, 1.165) is 11.3 Å². The lowest BCUT2D eigenvalue weighted by Crippen LogP contribution is -2.18. The molecule has 2 aromatic carbocycles. The maximum absolute atomic E-state index is 12.6. The molecule has 1 fully saturated rings. The number of amides is 1. The molecule has 0 bridgehead atoms. The van der Waals surface area contributed by atoms with Gasteiger partial charge in [0.2, 0.25) is 11.8 Å². The Morgan fingerprint density at radius 1 is 1.11 bits per heavy atom. The minimum Gasteiger partial charge on any atom is -0.480 e. The van der Waals surface area contributed by atoms with Gasteiger partial charge in [-0.05, 0) is 85.7 Å². The van der Waals surface area contributed by atoms with E-state index in [-0.39, 0.29) is 11.4 Å².